The predicted molar refractivity (Wildman–Crippen MR) is 153 cm³/mol. The molecule has 4 N–H and O–H groups in total. The van der Waals surface area contributed by atoms with Gasteiger partial charge in [0.1, 0.15) is 0 Å². The van der Waals surface area contributed by atoms with Crippen molar-refractivity contribution >= 4 is 27.5 Å². The van der Waals surface area contributed by atoms with Crippen molar-refractivity contribution < 1.29 is 18.0 Å². The summed E-state index contributed by atoms with van der Waals surface area (Å²) >= 11 is 0. The lowest BCUT2D eigenvalue weighted by Crippen LogP contribution is -2.54. The minimum Gasteiger partial charge on any atom is -0.371 e. The van der Waals surface area contributed by atoms with Gasteiger partial charge in [0.25, 0.3) is 5.91 Å². The van der Waals surface area contributed by atoms with E-state index in [9.17, 15) is 18.0 Å². The van der Waals surface area contributed by atoms with Gasteiger partial charge in [0, 0.05) is 73.1 Å². The quantitative estimate of drug-likeness (QED) is 0.497. The van der Waals surface area contributed by atoms with Gasteiger partial charge < -0.3 is 15.1 Å². The molecule has 212 valence electrons. The first-order valence-electron chi connectivity index (χ1n) is 13.4. The summed E-state index contributed by atoms with van der Waals surface area (Å²) in [4.78, 5) is 30.4. The van der Waals surface area contributed by atoms with Gasteiger partial charge in [-0.2, -0.15) is 0 Å². The number of anilines is 1. The molecule has 2 aromatic rings. The van der Waals surface area contributed by atoms with Crippen molar-refractivity contribution in [2.75, 3.05) is 51.2 Å². The number of likely N-dealkylation sites (N-methyl/N-ethyl adjacent to an activating group) is 1. The number of piperazine rings is 1. The molecule has 0 atom stereocenters. The van der Waals surface area contributed by atoms with E-state index in [0.29, 0.717) is 42.6 Å². The monoisotopic (exact) mass is 556 g/mol. The zero-order valence-electron chi connectivity index (χ0n) is 23.2. The molecule has 2 fully saturated rings. The Labute approximate surface area is 231 Å². The maximum atomic E-state index is 13.0. The number of rotatable bonds is 6. The van der Waals surface area contributed by atoms with Crippen LogP contribution in [0.2, 0.25) is 0 Å². The second kappa shape index (κ2) is 11.6. The molecule has 2 amide bonds. The molecule has 0 spiro atoms. The van der Waals surface area contributed by atoms with E-state index in [2.05, 4.69) is 27.6 Å². The molecule has 39 heavy (non-hydrogen) atoms. The molecule has 2 saturated heterocycles. The smallest absolute Gasteiger partial charge is 0.251 e. The van der Waals surface area contributed by atoms with Crippen LogP contribution in [0.25, 0.3) is 11.1 Å². The van der Waals surface area contributed by atoms with Gasteiger partial charge in [-0.25, -0.2) is 18.6 Å². The maximum absolute atomic E-state index is 13.0. The standard InChI is InChI=1S/C28H40N6O4S/c1-28(2,3)30-26(35)21-9-10-22(23-7-5-6-8-25(23)39(29,37)38)24(19-21)33-13-11-20(12-14-33)27(36)31-34-17-15-32(4)16-18-34/h5-10,19-20H,11-18H2,1-4H3,(H,30,35)(H,31,36)(H2,29,37,38). The molecule has 2 aromatic carbocycles. The van der Waals surface area contributed by atoms with E-state index in [-0.39, 0.29) is 22.6 Å². The average molecular weight is 557 g/mol. The molecule has 0 radical (unpaired) electrons. The lowest BCUT2D eigenvalue weighted by Gasteiger charge is -2.37. The summed E-state index contributed by atoms with van der Waals surface area (Å²) in [5.41, 5.74) is 5.05. The first-order chi connectivity index (χ1) is 18.3. The van der Waals surface area contributed by atoms with Crippen molar-refractivity contribution in [1.29, 1.82) is 0 Å². The van der Waals surface area contributed by atoms with Crippen LogP contribution in [0.3, 0.4) is 0 Å². The predicted octanol–water partition coefficient (Wildman–Crippen LogP) is 2.02. The molecule has 11 heteroatoms. The Bertz CT molecular complexity index is 1310. The number of sulfonamides is 1. The highest BCUT2D eigenvalue weighted by molar-refractivity contribution is 7.89. The molecule has 2 heterocycles. The Morgan fingerprint density at radius 3 is 2.18 bits per heavy atom. The third-order valence-corrected chi connectivity index (χ3v) is 8.18. The van der Waals surface area contributed by atoms with Crippen molar-refractivity contribution in [2.45, 2.75) is 44.0 Å². The fraction of sp³-hybridized carbons (Fsp3) is 0.500. The van der Waals surface area contributed by atoms with E-state index in [0.717, 1.165) is 31.9 Å². The number of nitrogens with two attached hydrogens (primary N) is 1. The van der Waals surface area contributed by atoms with Crippen LogP contribution in [0.5, 0.6) is 0 Å². The number of nitrogens with zero attached hydrogens (tertiary/aromatic N) is 3. The molecular weight excluding hydrogens is 516 g/mol. The Hall–Kier alpha value is -2.99. The molecule has 0 bridgehead atoms. The summed E-state index contributed by atoms with van der Waals surface area (Å²) in [6.45, 7) is 10.4. The fourth-order valence-corrected chi connectivity index (χ4v) is 5.81. The molecule has 4 rings (SSSR count). The van der Waals surface area contributed by atoms with Crippen LogP contribution in [-0.4, -0.2) is 82.0 Å². The van der Waals surface area contributed by atoms with Gasteiger partial charge in [-0.05, 0) is 58.9 Å². The van der Waals surface area contributed by atoms with Crippen molar-refractivity contribution in [1.82, 2.24) is 20.7 Å². The summed E-state index contributed by atoms with van der Waals surface area (Å²) in [5, 5.41) is 10.5. The molecule has 10 nitrogen and oxygen atoms in total. The largest absolute Gasteiger partial charge is 0.371 e. The number of carbonyl (C=O) groups excluding carboxylic acids is 2. The topological polar surface area (TPSA) is 128 Å². The van der Waals surface area contributed by atoms with Crippen LogP contribution in [0.15, 0.2) is 47.4 Å². The minimum atomic E-state index is -3.98. The number of primary sulfonamides is 1. The second-order valence-electron chi connectivity index (χ2n) is 11.5. The first kappa shape index (κ1) is 29.0. The third kappa shape index (κ3) is 7.36. The number of piperidine rings is 1. The first-order valence-corrected chi connectivity index (χ1v) is 14.9. The van der Waals surface area contributed by atoms with Crippen molar-refractivity contribution in [3.05, 3.63) is 48.0 Å². The lowest BCUT2D eigenvalue weighted by molar-refractivity contribution is -0.131. The van der Waals surface area contributed by atoms with Gasteiger partial charge >= 0.3 is 0 Å². The molecular formula is C28H40N6O4S. The molecule has 0 aromatic heterocycles. The highest BCUT2D eigenvalue weighted by atomic mass is 32.2. The second-order valence-corrected chi connectivity index (χ2v) is 13.0. The number of hydrogen-bond donors (Lipinski definition) is 3. The normalized spacial score (nSPS) is 18.1. The van der Waals surface area contributed by atoms with Crippen molar-refractivity contribution in [3.8, 4) is 11.1 Å². The maximum Gasteiger partial charge on any atom is 0.251 e. The van der Waals surface area contributed by atoms with E-state index >= 15 is 0 Å². The Morgan fingerprint density at radius 2 is 1.56 bits per heavy atom. The highest BCUT2D eigenvalue weighted by Gasteiger charge is 2.29. The zero-order valence-corrected chi connectivity index (χ0v) is 24.1. The number of amides is 2. The average Bonchev–Trinajstić information content (AvgIpc) is 2.88. The summed E-state index contributed by atoms with van der Waals surface area (Å²) < 4.78 is 24.8. The van der Waals surface area contributed by atoms with Crippen LogP contribution in [-0.2, 0) is 14.8 Å². The number of benzene rings is 2. The van der Waals surface area contributed by atoms with E-state index in [1.807, 2.05) is 25.8 Å². The number of carbonyl (C=O) groups is 2. The van der Waals surface area contributed by atoms with Crippen LogP contribution in [0.1, 0.15) is 44.0 Å². The number of hydrazine groups is 1. The van der Waals surface area contributed by atoms with Crippen LogP contribution in [0, 0.1) is 5.92 Å². The molecule has 0 unspecified atom stereocenters. The lowest BCUT2D eigenvalue weighted by atomic mass is 9.93. The van der Waals surface area contributed by atoms with Crippen LogP contribution < -0.4 is 20.8 Å². The van der Waals surface area contributed by atoms with Gasteiger partial charge in [0.15, 0.2) is 0 Å². The van der Waals surface area contributed by atoms with Gasteiger partial charge in [-0.1, -0.05) is 24.3 Å². The molecule has 0 saturated carbocycles. The third-order valence-electron chi connectivity index (χ3n) is 7.21. The molecule has 2 aliphatic rings. The molecule has 2 aliphatic heterocycles. The Morgan fingerprint density at radius 1 is 0.923 bits per heavy atom. The van der Waals surface area contributed by atoms with Gasteiger partial charge in [-0.3, -0.25) is 15.0 Å². The van der Waals surface area contributed by atoms with Crippen LogP contribution in [0.4, 0.5) is 5.69 Å². The van der Waals surface area contributed by atoms with E-state index in [1.165, 1.54) is 6.07 Å². The SMILES string of the molecule is CN1CCN(NC(=O)C2CCN(c3cc(C(=O)NC(C)(C)C)ccc3-c3ccccc3S(N)(=O)=O)CC2)CC1. The Balaban J connectivity index is 1.59. The van der Waals surface area contributed by atoms with Gasteiger partial charge in [0.05, 0.1) is 4.90 Å². The minimum absolute atomic E-state index is 0.0274. The van der Waals surface area contributed by atoms with Gasteiger partial charge in [0.2, 0.25) is 15.9 Å². The van der Waals surface area contributed by atoms with Crippen molar-refractivity contribution in [3.63, 3.8) is 0 Å². The van der Waals surface area contributed by atoms with E-state index in [4.69, 9.17) is 5.14 Å². The summed E-state index contributed by atoms with van der Waals surface area (Å²) in [5.74, 6) is -0.290. The summed E-state index contributed by atoms with van der Waals surface area (Å²) in [6.07, 6.45) is 1.29. The number of nitrogens with one attached hydrogen (secondary N) is 2. The fourth-order valence-electron chi connectivity index (χ4n) is 5.06. The zero-order chi connectivity index (χ0) is 28.4. The van der Waals surface area contributed by atoms with E-state index in [1.54, 1.807) is 36.4 Å². The summed E-state index contributed by atoms with van der Waals surface area (Å²) in [6, 6.07) is 11.9. The summed E-state index contributed by atoms with van der Waals surface area (Å²) in [7, 11) is -1.90. The van der Waals surface area contributed by atoms with E-state index < -0.39 is 15.6 Å². The number of hydrogen-bond acceptors (Lipinski definition) is 7. The highest BCUT2D eigenvalue weighted by Crippen LogP contribution is 2.37. The Kier molecular flexibility index (Phi) is 8.65. The molecule has 0 aliphatic carbocycles. The van der Waals surface area contributed by atoms with Crippen LogP contribution >= 0.6 is 0 Å². The van der Waals surface area contributed by atoms with Gasteiger partial charge in [-0.15, -0.1) is 0 Å². The van der Waals surface area contributed by atoms with Crippen molar-refractivity contribution in [2.24, 2.45) is 11.1 Å².